The van der Waals surface area contributed by atoms with E-state index in [2.05, 4.69) is 36.9 Å². The molecule has 410 valence electrons. The second-order valence-corrected chi connectivity index (χ2v) is 17.0. The largest absolute Gasteiger partial charge is 0.481 e. The maximum absolute atomic E-state index is 14.1. The molecule has 1 fully saturated rings. The number of nitrogens with two attached hydrogens (primary N) is 2. The third kappa shape index (κ3) is 25.9. The van der Waals surface area contributed by atoms with E-state index in [1.807, 2.05) is 0 Å². The van der Waals surface area contributed by atoms with Crippen LogP contribution >= 0.6 is 0 Å². The highest BCUT2D eigenvalue weighted by Gasteiger charge is 2.34. The SMILES string of the molecule is NC(N)=NCCC[C@@H]1NC(=O)[C@H](CCCCNC(=O)CCC(C(=O)O)N(CCN(CC(=O)O)CC(=O)O)CCN(CC(=O)O)CC(=O)O)NC(=O)[C@@H](Cc2ccccc2)NC(=O)[C@H](CC(=O)O)NC(=O)CNC1=O. The molecule has 1 unspecified atom stereocenters. The standard InChI is InChI=1S/C44H66N12O18/c45-44(46)48-14-6-10-27-39(69)49-21-33(58)50-30(20-34(59)60)42(72)53-29(19-26-7-2-1-3-8-26)41(71)52-28(40(70)51-27)9-4-5-13-47-32(57)12-11-31(43(73)74)56(17-15-54(22-35(61)62)23-36(63)64)18-16-55(24-37(65)66)25-38(67)68/h1-3,7-8,27-31H,4-6,9-25H2,(H,47,57)(H,49,69)(H,50,58)(H,51,70)(H,52,71)(H,53,72)(H,59,60)(H,61,62)(H,63,64)(H,65,66)(H,67,68)(H,73,74)(H4,45,46,48)/t27-,28-,29+,30-,31?/m0/s1. The zero-order chi connectivity index (χ0) is 55.3. The third-order valence-electron chi connectivity index (χ3n) is 11.0. The minimum Gasteiger partial charge on any atom is -0.481 e. The van der Waals surface area contributed by atoms with Gasteiger partial charge < -0.3 is 74.0 Å². The Labute approximate surface area is 423 Å². The van der Waals surface area contributed by atoms with E-state index in [1.54, 1.807) is 30.3 Å². The summed E-state index contributed by atoms with van der Waals surface area (Å²) in [6.07, 6.45) is -1.59. The molecular weight excluding hydrogens is 985 g/mol. The Morgan fingerprint density at radius 3 is 1.64 bits per heavy atom. The van der Waals surface area contributed by atoms with Crippen LogP contribution in [0.15, 0.2) is 35.3 Å². The third-order valence-corrected chi connectivity index (χ3v) is 11.0. The average molecular weight is 1050 g/mol. The van der Waals surface area contributed by atoms with E-state index in [9.17, 15) is 88.2 Å². The van der Waals surface area contributed by atoms with E-state index in [0.717, 1.165) is 9.80 Å². The highest BCUT2D eigenvalue weighted by atomic mass is 16.4. The van der Waals surface area contributed by atoms with Crippen LogP contribution in [-0.4, -0.2) is 225 Å². The van der Waals surface area contributed by atoms with Gasteiger partial charge in [-0.15, -0.1) is 0 Å². The van der Waals surface area contributed by atoms with Gasteiger partial charge in [-0.2, -0.15) is 0 Å². The summed E-state index contributed by atoms with van der Waals surface area (Å²) in [5, 5.41) is 71.8. The molecule has 1 heterocycles. The minimum atomic E-state index is -1.69. The van der Waals surface area contributed by atoms with Gasteiger partial charge >= 0.3 is 35.8 Å². The predicted octanol–water partition coefficient (Wildman–Crippen LogP) is -5.41. The molecule has 2 rings (SSSR count). The summed E-state index contributed by atoms with van der Waals surface area (Å²) < 4.78 is 0. The Kier molecular flexibility index (Phi) is 27.6. The Hall–Kier alpha value is -7.99. The van der Waals surface area contributed by atoms with Crippen LogP contribution in [0.25, 0.3) is 0 Å². The maximum Gasteiger partial charge on any atom is 0.320 e. The summed E-state index contributed by atoms with van der Waals surface area (Å²) >= 11 is 0. The molecule has 0 saturated carbocycles. The molecule has 0 aliphatic carbocycles. The molecule has 6 amide bonds. The number of hydrogen-bond donors (Lipinski definition) is 14. The highest BCUT2D eigenvalue weighted by Crippen LogP contribution is 2.12. The summed E-state index contributed by atoms with van der Waals surface area (Å²) in [4.78, 5) is 158. The van der Waals surface area contributed by atoms with Gasteiger partial charge in [0.1, 0.15) is 30.2 Å². The van der Waals surface area contributed by atoms with Crippen molar-refractivity contribution in [2.45, 2.75) is 88.0 Å². The van der Waals surface area contributed by atoms with Gasteiger partial charge in [-0.1, -0.05) is 30.3 Å². The van der Waals surface area contributed by atoms with Crippen LogP contribution in [0.2, 0.25) is 0 Å². The molecule has 74 heavy (non-hydrogen) atoms. The highest BCUT2D eigenvalue weighted by molar-refractivity contribution is 5.98. The fourth-order valence-corrected chi connectivity index (χ4v) is 7.51. The molecule has 5 atom stereocenters. The number of guanidine groups is 1. The number of carboxylic acids is 6. The molecule has 1 aromatic rings. The number of aliphatic carboxylic acids is 6. The van der Waals surface area contributed by atoms with Crippen molar-refractivity contribution in [3.63, 3.8) is 0 Å². The number of hydrogen-bond acceptors (Lipinski definition) is 16. The topological polar surface area (TPSA) is 473 Å². The van der Waals surface area contributed by atoms with Crippen molar-refractivity contribution >= 4 is 77.2 Å². The molecule has 1 aromatic carbocycles. The second kappa shape index (κ2) is 32.9. The maximum atomic E-state index is 14.1. The first-order valence-electron chi connectivity index (χ1n) is 23.3. The first-order chi connectivity index (χ1) is 34.9. The fourth-order valence-electron chi connectivity index (χ4n) is 7.51. The van der Waals surface area contributed by atoms with Crippen LogP contribution in [-0.2, 0) is 64.0 Å². The van der Waals surface area contributed by atoms with Gasteiger partial charge in [0.05, 0.1) is 39.1 Å². The molecule has 16 N–H and O–H groups in total. The lowest BCUT2D eigenvalue weighted by Gasteiger charge is -2.32. The van der Waals surface area contributed by atoms with E-state index in [4.69, 9.17) is 11.5 Å². The Morgan fingerprint density at radius 1 is 0.622 bits per heavy atom. The van der Waals surface area contributed by atoms with E-state index < -0.39 is 147 Å². The summed E-state index contributed by atoms with van der Waals surface area (Å²) in [6.45, 7) is -4.83. The molecular formula is C44H66N12O18. The van der Waals surface area contributed by atoms with Gasteiger partial charge in [0.15, 0.2) is 5.96 Å². The summed E-state index contributed by atoms with van der Waals surface area (Å²) in [5.74, 6) is -13.9. The van der Waals surface area contributed by atoms with Crippen molar-refractivity contribution in [1.82, 2.24) is 46.6 Å². The number of carboxylic acid groups (broad SMARTS) is 6. The van der Waals surface area contributed by atoms with E-state index in [1.165, 1.54) is 4.90 Å². The zero-order valence-electron chi connectivity index (χ0n) is 40.4. The fraction of sp³-hybridized carbons (Fsp3) is 0.568. The Bertz CT molecular complexity index is 2090. The number of carbonyl (C=O) groups excluding carboxylic acids is 6. The summed E-state index contributed by atoms with van der Waals surface area (Å²) in [6, 6.07) is 1.01. The first kappa shape index (κ1) is 62.1. The van der Waals surface area contributed by atoms with Gasteiger partial charge in [0, 0.05) is 52.1 Å². The number of amides is 6. The number of nitrogens with one attached hydrogen (secondary N) is 6. The van der Waals surface area contributed by atoms with Gasteiger partial charge in [0.25, 0.3) is 0 Å². The lowest BCUT2D eigenvalue weighted by atomic mass is 10.0. The quantitative estimate of drug-likeness (QED) is 0.0182. The number of rotatable bonds is 32. The van der Waals surface area contributed by atoms with Crippen molar-refractivity contribution < 1.29 is 88.2 Å². The van der Waals surface area contributed by atoms with Crippen molar-refractivity contribution in [2.24, 2.45) is 16.5 Å². The van der Waals surface area contributed by atoms with Gasteiger partial charge in [0.2, 0.25) is 35.4 Å². The van der Waals surface area contributed by atoms with Crippen molar-refractivity contribution in [1.29, 1.82) is 0 Å². The van der Waals surface area contributed by atoms with Crippen molar-refractivity contribution in [3.8, 4) is 0 Å². The zero-order valence-corrected chi connectivity index (χ0v) is 40.4. The Morgan fingerprint density at radius 2 is 1.12 bits per heavy atom. The lowest BCUT2D eigenvalue weighted by molar-refractivity contribution is -0.146. The van der Waals surface area contributed by atoms with Gasteiger partial charge in [-0.05, 0) is 44.1 Å². The molecule has 30 nitrogen and oxygen atoms in total. The normalized spacial score (nSPS) is 18.1. The van der Waals surface area contributed by atoms with E-state index >= 15 is 0 Å². The van der Waals surface area contributed by atoms with Gasteiger partial charge in [-0.25, -0.2) is 0 Å². The van der Waals surface area contributed by atoms with Crippen molar-refractivity contribution in [3.05, 3.63) is 35.9 Å². The molecule has 0 spiro atoms. The van der Waals surface area contributed by atoms with Crippen molar-refractivity contribution in [2.75, 3.05) is 72.0 Å². The number of nitrogens with zero attached hydrogens (tertiary/aromatic N) is 4. The monoisotopic (exact) mass is 1050 g/mol. The average Bonchev–Trinajstić information content (AvgIpc) is 3.30. The van der Waals surface area contributed by atoms with Gasteiger partial charge in [-0.3, -0.25) is 77.2 Å². The van der Waals surface area contributed by atoms with E-state index in [-0.39, 0.29) is 90.2 Å². The molecule has 30 heteroatoms. The first-order valence-corrected chi connectivity index (χ1v) is 23.3. The van der Waals surface area contributed by atoms with Crippen LogP contribution in [0.1, 0.15) is 56.9 Å². The van der Waals surface area contributed by atoms with Crippen LogP contribution in [0.3, 0.4) is 0 Å². The molecule has 0 radical (unpaired) electrons. The smallest absolute Gasteiger partial charge is 0.320 e. The number of aliphatic imine (C=N–C) groups is 1. The summed E-state index contributed by atoms with van der Waals surface area (Å²) in [7, 11) is 0. The van der Waals surface area contributed by atoms with E-state index in [0.29, 0.717) is 5.56 Å². The Balaban J connectivity index is 2.33. The van der Waals surface area contributed by atoms with Crippen LogP contribution in [0.4, 0.5) is 0 Å². The number of unbranched alkanes of at least 4 members (excludes halogenated alkanes) is 1. The number of carbonyl (C=O) groups is 12. The molecule has 0 bridgehead atoms. The number of benzene rings is 1. The molecule has 1 aliphatic heterocycles. The molecule has 1 aliphatic rings. The van der Waals surface area contributed by atoms with Crippen LogP contribution in [0.5, 0.6) is 0 Å². The minimum absolute atomic E-state index is 0.0409. The van der Waals surface area contributed by atoms with Crippen LogP contribution in [0, 0.1) is 0 Å². The predicted molar refractivity (Wildman–Crippen MR) is 256 cm³/mol. The van der Waals surface area contributed by atoms with Crippen LogP contribution < -0.4 is 43.4 Å². The second-order valence-electron chi connectivity index (χ2n) is 17.0. The lowest BCUT2D eigenvalue weighted by Crippen LogP contribution is -2.58. The molecule has 0 aromatic heterocycles. The summed E-state index contributed by atoms with van der Waals surface area (Å²) in [5.41, 5.74) is 11.4. The molecule has 1 saturated heterocycles.